The molecule has 1 unspecified atom stereocenters. The predicted molar refractivity (Wildman–Crippen MR) is 69.8 cm³/mol. The summed E-state index contributed by atoms with van der Waals surface area (Å²) in [4.78, 5) is 12.3. The molecule has 2 rings (SSSR count). The summed E-state index contributed by atoms with van der Waals surface area (Å²) in [6, 6.07) is 1.93. The Labute approximate surface area is 108 Å². The van der Waals surface area contributed by atoms with Gasteiger partial charge in [0.25, 0.3) is 0 Å². The zero-order valence-corrected chi connectivity index (χ0v) is 11.1. The minimum absolute atomic E-state index is 0.00831. The monoisotopic (exact) mass is 250 g/mol. The summed E-state index contributed by atoms with van der Waals surface area (Å²) in [5.74, 6) is -0.0203. The van der Waals surface area contributed by atoms with Crippen LogP contribution in [0.1, 0.15) is 50.8 Å². The van der Waals surface area contributed by atoms with E-state index in [1.165, 1.54) is 0 Å². The molecule has 1 aliphatic rings. The van der Waals surface area contributed by atoms with Crippen LogP contribution in [0.4, 0.5) is 0 Å². The van der Waals surface area contributed by atoms with E-state index in [0.717, 1.165) is 37.8 Å². The van der Waals surface area contributed by atoms with Gasteiger partial charge in [-0.1, -0.05) is 19.8 Å². The van der Waals surface area contributed by atoms with Crippen molar-refractivity contribution in [2.45, 2.75) is 50.6 Å². The van der Waals surface area contributed by atoms with E-state index in [2.05, 4.69) is 17.3 Å². The molecule has 1 amide bonds. The zero-order chi connectivity index (χ0) is 13.2. The molecule has 0 radical (unpaired) electrons. The van der Waals surface area contributed by atoms with Gasteiger partial charge in [0.05, 0.1) is 17.3 Å². The van der Waals surface area contributed by atoms with Crippen LogP contribution in [0.5, 0.6) is 0 Å². The highest BCUT2D eigenvalue weighted by molar-refractivity contribution is 5.86. The Morgan fingerprint density at radius 3 is 2.78 bits per heavy atom. The Morgan fingerprint density at radius 2 is 2.28 bits per heavy atom. The Balaban J connectivity index is 2.07. The summed E-state index contributed by atoms with van der Waals surface area (Å²) < 4.78 is 1.80. The lowest BCUT2D eigenvalue weighted by molar-refractivity contribution is -0.127. The van der Waals surface area contributed by atoms with E-state index < -0.39 is 5.54 Å². The van der Waals surface area contributed by atoms with Crippen molar-refractivity contribution in [2.24, 2.45) is 12.8 Å². The summed E-state index contributed by atoms with van der Waals surface area (Å²) in [5, 5.41) is 7.21. The number of nitrogens with zero attached hydrogens (tertiary/aromatic N) is 2. The normalized spacial score (nSPS) is 19.7. The van der Waals surface area contributed by atoms with Gasteiger partial charge in [0, 0.05) is 13.2 Å². The molecule has 18 heavy (non-hydrogen) atoms. The first-order valence-corrected chi connectivity index (χ1v) is 6.64. The lowest BCUT2D eigenvalue weighted by Gasteiger charge is -2.26. The minimum Gasteiger partial charge on any atom is -0.346 e. The average molecular weight is 250 g/mol. The summed E-state index contributed by atoms with van der Waals surface area (Å²) in [6.07, 6.45) is 6.26. The van der Waals surface area contributed by atoms with Crippen molar-refractivity contribution in [2.75, 3.05) is 0 Å². The molecule has 3 N–H and O–H groups in total. The molecule has 0 aromatic carbocycles. The third-order valence-electron chi connectivity index (χ3n) is 3.88. The number of carbonyl (C=O) groups is 1. The van der Waals surface area contributed by atoms with Gasteiger partial charge in [-0.05, 0) is 25.3 Å². The van der Waals surface area contributed by atoms with E-state index in [9.17, 15) is 4.79 Å². The molecule has 0 bridgehead atoms. The smallest absolute Gasteiger partial charge is 0.240 e. The van der Waals surface area contributed by atoms with E-state index >= 15 is 0 Å². The van der Waals surface area contributed by atoms with Crippen LogP contribution < -0.4 is 11.1 Å². The molecule has 1 aromatic heterocycles. The molecule has 1 fully saturated rings. The first-order chi connectivity index (χ1) is 8.57. The van der Waals surface area contributed by atoms with E-state index in [1.807, 2.05) is 13.1 Å². The first kappa shape index (κ1) is 13.1. The first-order valence-electron chi connectivity index (χ1n) is 6.64. The third-order valence-corrected chi connectivity index (χ3v) is 3.88. The zero-order valence-electron chi connectivity index (χ0n) is 11.1. The van der Waals surface area contributed by atoms with Crippen molar-refractivity contribution >= 4 is 5.91 Å². The van der Waals surface area contributed by atoms with Crippen molar-refractivity contribution in [3.8, 4) is 0 Å². The molecule has 5 heteroatoms. The summed E-state index contributed by atoms with van der Waals surface area (Å²) in [7, 11) is 1.89. The van der Waals surface area contributed by atoms with E-state index in [0.29, 0.717) is 0 Å². The molecule has 1 saturated carbocycles. The fourth-order valence-corrected chi connectivity index (χ4v) is 2.65. The number of nitrogens with one attached hydrogen (secondary N) is 1. The summed E-state index contributed by atoms with van der Waals surface area (Å²) in [6.45, 7) is 2.05. The molecule has 0 spiro atoms. The number of nitrogens with two attached hydrogens (primary N) is 1. The van der Waals surface area contributed by atoms with Crippen LogP contribution in [-0.4, -0.2) is 21.2 Å². The largest absolute Gasteiger partial charge is 0.346 e. The van der Waals surface area contributed by atoms with Crippen LogP contribution in [0.3, 0.4) is 0 Å². The van der Waals surface area contributed by atoms with Crippen LogP contribution in [0.25, 0.3) is 0 Å². The molecule has 100 valence electrons. The Kier molecular flexibility index (Phi) is 3.71. The maximum absolute atomic E-state index is 12.3. The minimum atomic E-state index is -0.661. The number of aryl methyl sites for hydroxylation is 1. The van der Waals surface area contributed by atoms with Crippen molar-refractivity contribution in [1.82, 2.24) is 15.1 Å². The van der Waals surface area contributed by atoms with Gasteiger partial charge in [-0.15, -0.1) is 0 Å². The van der Waals surface area contributed by atoms with Gasteiger partial charge in [-0.25, -0.2) is 0 Å². The van der Waals surface area contributed by atoms with Crippen molar-refractivity contribution in [1.29, 1.82) is 0 Å². The van der Waals surface area contributed by atoms with Crippen LogP contribution in [-0.2, 0) is 11.8 Å². The maximum atomic E-state index is 12.3. The fourth-order valence-electron chi connectivity index (χ4n) is 2.65. The SMILES string of the molecule is CCC(NC(=O)C1(N)CCCC1)c1ccnn1C. The summed E-state index contributed by atoms with van der Waals surface area (Å²) >= 11 is 0. The molecule has 1 aromatic rings. The number of hydrogen-bond acceptors (Lipinski definition) is 3. The Bertz CT molecular complexity index is 420. The Hall–Kier alpha value is -1.36. The van der Waals surface area contributed by atoms with E-state index in [1.54, 1.807) is 10.9 Å². The highest BCUT2D eigenvalue weighted by atomic mass is 16.2. The molecule has 1 aliphatic carbocycles. The fraction of sp³-hybridized carbons (Fsp3) is 0.692. The lowest BCUT2D eigenvalue weighted by atomic mass is 9.97. The standard InChI is InChI=1S/C13H22N4O/c1-3-10(11-6-9-15-17(11)2)16-12(18)13(14)7-4-5-8-13/h6,9-10H,3-5,7-8,14H2,1-2H3,(H,16,18). The maximum Gasteiger partial charge on any atom is 0.240 e. The topological polar surface area (TPSA) is 72.9 Å². The number of hydrogen-bond donors (Lipinski definition) is 2. The van der Waals surface area contributed by atoms with Gasteiger partial charge in [-0.2, -0.15) is 5.10 Å². The second-order valence-electron chi connectivity index (χ2n) is 5.18. The van der Waals surface area contributed by atoms with E-state index in [-0.39, 0.29) is 11.9 Å². The number of carbonyl (C=O) groups excluding carboxylic acids is 1. The molecule has 1 atom stereocenters. The third kappa shape index (κ3) is 2.41. The highest BCUT2D eigenvalue weighted by Crippen LogP contribution is 2.28. The lowest BCUT2D eigenvalue weighted by Crippen LogP contribution is -2.52. The van der Waals surface area contributed by atoms with Crippen LogP contribution in [0, 0.1) is 0 Å². The molecular weight excluding hydrogens is 228 g/mol. The molecule has 0 aliphatic heterocycles. The van der Waals surface area contributed by atoms with Crippen molar-refractivity contribution < 1.29 is 4.79 Å². The van der Waals surface area contributed by atoms with Gasteiger partial charge in [0.1, 0.15) is 0 Å². The van der Waals surface area contributed by atoms with Gasteiger partial charge >= 0.3 is 0 Å². The number of amides is 1. The average Bonchev–Trinajstić information content (AvgIpc) is 2.96. The van der Waals surface area contributed by atoms with Gasteiger partial charge < -0.3 is 11.1 Å². The van der Waals surface area contributed by atoms with Crippen LogP contribution >= 0.6 is 0 Å². The summed E-state index contributed by atoms with van der Waals surface area (Å²) in [5.41, 5.74) is 6.52. The van der Waals surface area contributed by atoms with Gasteiger partial charge in [-0.3, -0.25) is 9.48 Å². The van der Waals surface area contributed by atoms with Gasteiger partial charge in [0.15, 0.2) is 0 Å². The highest BCUT2D eigenvalue weighted by Gasteiger charge is 2.37. The molecular formula is C13H22N4O. The number of aromatic nitrogens is 2. The van der Waals surface area contributed by atoms with Crippen molar-refractivity contribution in [3.63, 3.8) is 0 Å². The second-order valence-corrected chi connectivity index (χ2v) is 5.18. The number of rotatable bonds is 4. The van der Waals surface area contributed by atoms with Crippen LogP contribution in [0.2, 0.25) is 0 Å². The van der Waals surface area contributed by atoms with E-state index in [4.69, 9.17) is 5.73 Å². The Morgan fingerprint density at radius 1 is 1.61 bits per heavy atom. The molecule has 1 heterocycles. The quantitative estimate of drug-likeness (QED) is 0.845. The molecule has 5 nitrogen and oxygen atoms in total. The second kappa shape index (κ2) is 5.10. The van der Waals surface area contributed by atoms with Gasteiger partial charge in [0.2, 0.25) is 5.91 Å². The van der Waals surface area contributed by atoms with Crippen molar-refractivity contribution in [3.05, 3.63) is 18.0 Å². The molecule has 0 saturated heterocycles. The van der Waals surface area contributed by atoms with Crippen LogP contribution in [0.15, 0.2) is 12.3 Å². The predicted octanol–water partition coefficient (Wildman–Crippen LogP) is 1.26.